The number of benzene rings is 1. The highest BCUT2D eigenvalue weighted by Gasteiger charge is 2.15. The number of halogens is 1. The fraction of sp³-hybridized carbons (Fsp3) is 0.500. The molecule has 2 rings (SSSR count). The van der Waals surface area contributed by atoms with Crippen LogP contribution in [0.25, 0.3) is 0 Å². The molecule has 0 aliphatic heterocycles. The summed E-state index contributed by atoms with van der Waals surface area (Å²) < 4.78 is 10.9. The van der Waals surface area contributed by atoms with Crippen LogP contribution in [0.15, 0.2) is 22.7 Å². The van der Waals surface area contributed by atoms with Gasteiger partial charge in [-0.1, -0.05) is 30.6 Å². The first-order valence-corrected chi connectivity index (χ1v) is 8.81. The maximum absolute atomic E-state index is 12.4. The second-order valence-electron chi connectivity index (χ2n) is 6.37. The highest BCUT2D eigenvalue weighted by Crippen LogP contribution is 2.24. The van der Waals surface area contributed by atoms with Crippen LogP contribution >= 0.6 is 11.6 Å². The van der Waals surface area contributed by atoms with Crippen molar-refractivity contribution in [3.05, 3.63) is 40.5 Å². The molecule has 0 unspecified atom stereocenters. The molecule has 136 valence electrons. The van der Waals surface area contributed by atoms with Gasteiger partial charge in [0.15, 0.2) is 5.82 Å². The average Bonchev–Trinajstić information content (AvgIpc) is 3.02. The van der Waals surface area contributed by atoms with E-state index in [0.717, 1.165) is 0 Å². The van der Waals surface area contributed by atoms with Crippen LogP contribution in [0.3, 0.4) is 0 Å². The molecule has 1 aromatic carbocycles. The van der Waals surface area contributed by atoms with Crippen LogP contribution < -0.4 is 10.1 Å². The summed E-state index contributed by atoms with van der Waals surface area (Å²) in [7, 11) is 0. The van der Waals surface area contributed by atoms with Gasteiger partial charge < -0.3 is 14.6 Å². The van der Waals surface area contributed by atoms with Crippen LogP contribution in [0.4, 0.5) is 0 Å². The van der Waals surface area contributed by atoms with Gasteiger partial charge in [0.05, 0.1) is 11.7 Å². The number of aromatic nitrogens is 2. The highest BCUT2D eigenvalue weighted by atomic mass is 35.5. The third-order valence-electron chi connectivity index (χ3n) is 3.40. The number of hydrogen-bond acceptors (Lipinski definition) is 5. The molecule has 0 aliphatic rings. The maximum atomic E-state index is 12.4. The van der Waals surface area contributed by atoms with Crippen molar-refractivity contribution in [3.63, 3.8) is 0 Å². The Morgan fingerprint density at radius 1 is 1.32 bits per heavy atom. The zero-order chi connectivity index (χ0) is 18.4. The molecule has 0 radical (unpaired) electrons. The Balaban J connectivity index is 1.88. The summed E-state index contributed by atoms with van der Waals surface area (Å²) in [6.45, 7) is 8.33. The van der Waals surface area contributed by atoms with Crippen LogP contribution in [-0.2, 0) is 6.42 Å². The van der Waals surface area contributed by atoms with Gasteiger partial charge in [-0.2, -0.15) is 4.98 Å². The maximum Gasteiger partial charge on any atom is 0.255 e. The quantitative estimate of drug-likeness (QED) is 0.715. The molecule has 2 aromatic rings. The van der Waals surface area contributed by atoms with E-state index in [1.54, 1.807) is 18.2 Å². The largest absolute Gasteiger partial charge is 0.490 e. The smallest absolute Gasteiger partial charge is 0.255 e. The lowest BCUT2D eigenvalue weighted by atomic mass is 10.1. The molecule has 7 heteroatoms. The molecule has 1 heterocycles. The number of nitrogens with one attached hydrogen (secondary N) is 1. The van der Waals surface area contributed by atoms with Crippen molar-refractivity contribution < 1.29 is 14.1 Å². The van der Waals surface area contributed by atoms with Gasteiger partial charge in [0, 0.05) is 23.9 Å². The van der Waals surface area contributed by atoms with E-state index in [-0.39, 0.29) is 17.9 Å². The second kappa shape index (κ2) is 8.85. The lowest BCUT2D eigenvalue weighted by Crippen LogP contribution is -2.25. The Kier molecular flexibility index (Phi) is 6.82. The predicted molar refractivity (Wildman–Crippen MR) is 96.3 cm³/mol. The van der Waals surface area contributed by atoms with Gasteiger partial charge >= 0.3 is 0 Å². The second-order valence-corrected chi connectivity index (χ2v) is 6.80. The molecular weight excluding hydrogens is 342 g/mol. The molecule has 0 spiro atoms. The van der Waals surface area contributed by atoms with E-state index in [2.05, 4.69) is 15.5 Å². The molecule has 1 N–H and O–H groups in total. The van der Waals surface area contributed by atoms with Gasteiger partial charge in [-0.3, -0.25) is 4.79 Å². The molecule has 1 aromatic heterocycles. The summed E-state index contributed by atoms with van der Waals surface area (Å²) in [5, 5.41) is 7.29. The molecule has 0 atom stereocenters. The lowest BCUT2D eigenvalue weighted by Gasteiger charge is -2.14. The van der Waals surface area contributed by atoms with Crippen LogP contribution in [0.1, 0.15) is 62.1 Å². The van der Waals surface area contributed by atoms with E-state index < -0.39 is 0 Å². The number of aryl methyl sites for hydroxylation is 1. The van der Waals surface area contributed by atoms with Gasteiger partial charge in [-0.05, 0) is 38.5 Å². The summed E-state index contributed by atoms with van der Waals surface area (Å²) in [5.74, 6) is 1.83. The highest BCUT2D eigenvalue weighted by molar-refractivity contribution is 6.31. The van der Waals surface area contributed by atoms with E-state index in [1.165, 1.54) is 0 Å². The number of rotatable bonds is 8. The van der Waals surface area contributed by atoms with Crippen molar-refractivity contribution in [3.8, 4) is 5.75 Å². The van der Waals surface area contributed by atoms with E-state index in [9.17, 15) is 4.79 Å². The molecule has 0 saturated carbocycles. The number of nitrogens with zero attached hydrogens (tertiary/aromatic N) is 2. The molecule has 0 bridgehead atoms. The van der Waals surface area contributed by atoms with Gasteiger partial charge in [0.2, 0.25) is 5.89 Å². The van der Waals surface area contributed by atoms with Crippen LogP contribution in [0, 0.1) is 0 Å². The third-order valence-corrected chi connectivity index (χ3v) is 3.64. The van der Waals surface area contributed by atoms with Gasteiger partial charge in [0.1, 0.15) is 5.75 Å². The van der Waals surface area contributed by atoms with Gasteiger partial charge in [-0.15, -0.1) is 0 Å². The number of ether oxygens (including phenoxy) is 1. The molecule has 1 amide bonds. The number of carbonyl (C=O) groups excluding carboxylic acids is 1. The summed E-state index contributed by atoms with van der Waals surface area (Å²) >= 11 is 6.00. The Bertz CT molecular complexity index is 713. The summed E-state index contributed by atoms with van der Waals surface area (Å²) in [4.78, 5) is 16.7. The molecule has 25 heavy (non-hydrogen) atoms. The number of amides is 1. The zero-order valence-electron chi connectivity index (χ0n) is 15.0. The first-order valence-electron chi connectivity index (χ1n) is 8.43. The summed E-state index contributed by atoms with van der Waals surface area (Å²) in [6, 6.07) is 5.03. The lowest BCUT2D eigenvalue weighted by molar-refractivity contribution is 0.0947. The normalized spacial score (nSPS) is 11.2. The molecule has 0 saturated heterocycles. The monoisotopic (exact) mass is 365 g/mol. The van der Waals surface area contributed by atoms with Crippen molar-refractivity contribution in [2.45, 2.75) is 52.6 Å². The van der Waals surface area contributed by atoms with Gasteiger partial charge in [0.25, 0.3) is 5.91 Å². The third kappa shape index (κ3) is 5.74. The minimum absolute atomic E-state index is 0.0274. The average molecular weight is 366 g/mol. The fourth-order valence-electron chi connectivity index (χ4n) is 2.18. The van der Waals surface area contributed by atoms with Crippen molar-refractivity contribution >= 4 is 17.5 Å². The molecule has 6 nitrogen and oxygen atoms in total. The summed E-state index contributed by atoms with van der Waals surface area (Å²) in [6.07, 6.45) is 1.29. The van der Waals surface area contributed by atoms with E-state index >= 15 is 0 Å². The molecule has 0 fully saturated rings. The van der Waals surface area contributed by atoms with Crippen LogP contribution in [0.2, 0.25) is 5.02 Å². The van der Waals surface area contributed by atoms with Gasteiger partial charge in [-0.25, -0.2) is 0 Å². The Hall–Kier alpha value is -2.08. The minimum Gasteiger partial charge on any atom is -0.490 e. The Morgan fingerprint density at radius 3 is 2.72 bits per heavy atom. The number of hydrogen-bond donors (Lipinski definition) is 1. The summed E-state index contributed by atoms with van der Waals surface area (Å²) in [5.41, 5.74) is 0.432. The van der Waals surface area contributed by atoms with Crippen LogP contribution in [-0.4, -0.2) is 28.7 Å². The van der Waals surface area contributed by atoms with E-state index in [1.807, 2.05) is 27.7 Å². The first kappa shape index (κ1) is 19.2. The fourth-order valence-corrected chi connectivity index (χ4v) is 2.35. The van der Waals surface area contributed by atoms with Crippen molar-refractivity contribution in [2.75, 3.05) is 6.54 Å². The van der Waals surface area contributed by atoms with Crippen molar-refractivity contribution in [2.24, 2.45) is 0 Å². The topological polar surface area (TPSA) is 77.2 Å². The SMILES string of the molecule is CC(C)Oc1ccc(Cl)cc1C(=O)NCCCc1nc(C(C)C)no1. The zero-order valence-corrected chi connectivity index (χ0v) is 15.8. The van der Waals surface area contributed by atoms with Crippen molar-refractivity contribution in [1.29, 1.82) is 0 Å². The standard InChI is InChI=1S/C18H24ClN3O3/c1-11(2)17-21-16(25-22-17)6-5-9-20-18(23)14-10-13(19)7-8-15(14)24-12(3)4/h7-8,10-12H,5-6,9H2,1-4H3,(H,20,23). The predicted octanol–water partition coefficient (Wildman–Crippen LogP) is 4.00. The van der Waals surface area contributed by atoms with Crippen molar-refractivity contribution in [1.82, 2.24) is 15.5 Å². The van der Waals surface area contributed by atoms with E-state index in [0.29, 0.717) is 47.4 Å². The Labute approximate surface area is 152 Å². The first-order chi connectivity index (χ1) is 11.9. The molecular formula is C18H24ClN3O3. The minimum atomic E-state index is -0.216. The van der Waals surface area contributed by atoms with E-state index in [4.69, 9.17) is 20.9 Å². The number of carbonyl (C=O) groups is 1. The molecule has 0 aliphatic carbocycles. The van der Waals surface area contributed by atoms with Crippen LogP contribution in [0.5, 0.6) is 5.75 Å². The Morgan fingerprint density at radius 2 is 2.08 bits per heavy atom.